The third kappa shape index (κ3) is 6.71. The molecular weight excluding hydrogens is 614 g/mol. The lowest BCUT2D eigenvalue weighted by Gasteiger charge is -2.37. The molecule has 0 saturated carbocycles. The summed E-state index contributed by atoms with van der Waals surface area (Å²) in [5, 5.41) is 12.7. The van der Waals surface area contributed by atoms with Gasteiger partial charge in [-0.05, 0) is 50.9 Å². The van der Waals surface area contributed by atoms with Gasteiger partial charge in [-0.3, -0.25) is 4.79 Å². The lowest BCUT2D eigenvalue weighted by atomic mass is 9.88. The molecule has 3 aliphatic heterocycles. The van der Waals surface area contributed by atoms with Crippen molar-refractivity contribution < 1.29 is 40.9 Å². The van der Waals surface area contributed by atoms with E-state index in [2.05, 4.69) is 15.0 Å². The lowest BCUT2D eigenvalue weighted by molar-refractivity contribution is -0.0311. The number of carbonyl (C=O) groups excluding carboxylic acids is 1. The van der Waals surface area contributed by atoms with Crippen molar-refractivity contribution in [2.45, 2.75) is 48.8 Å². The van der Waals surface area contributed by atoms with Crippen molar-refractivity contribution in [2.75, 3.05) is 65.0 Å². The molecule has 2 saturated heterocycles. The highest BCUT2D eigenvalue weighted by atomic mass is 32.2. The number of pyridine rings is 1. The standard InChI is InChI=1S/C28H39N5O9S2/c1-19-24(16-31-26-25(19)32(3)11-12-40-26)27(35)44(38,39)33-9-7-28(8-10-33)14-20(17-42-28)30-15-21(34)18-41-22-5-4-6-23(13-22)43(36,37)29-2/h4-6,13,16,20-21,29-30,34H,7-12,14-15,17-18H2,1-3H3/t20-,21+/m1/s1. The second kappa shape index (κ2) is 12.9. The van der Waals surface area contributed by atoms with Crippen molar-refractivity contribution >= 4 is 30.8 Å². The van der Waals surface area contributed by atoms with Crippen molar-refractivity contribution in [2.24, 2.45) is 0 Å². The predicted octanol–water partition coefficient (Wildman–Crippen LogP) is 0.250. The van der Waals surface area contributed by atoms with Crippen molar-refractivity contribution in [3.05, 3.63) is 41.6 Å². The molecule has 3 aliphatic rings. The molecule has 2 fully saturated rings. The Morgan fingerprint density at radius 1 is 1.23 bits per heavy atom. The number of anilines is 1. The van der Waals surface area contributed by atoms with Crippen LogP contribution >= 0.6 is 0 Å². The number of benzene rings is 1. The zero-order chi connectivity index (χ0) is 31.7. The fourth-order valence-electron chi connectivity index (χ4n) is 5.84. The molecule has 0 aliphatic carbocycles. The highest BCUT2D eigenvalue weighted by Gasteiger charge is 2.46. The van der Waals surface area contributed by atoms with Gasteiger partial charge in [-0.15, -0.1) is 0 Å². The molecular formula is C28H39N5O9S2. The number of carbonyl (C=O) groups is 1. The normalized spacial score (nSPS) is 21.1. The molecule has 1 aromatic carbocycles. The lowest BCUT2D eigenvalue weighted by Crippen LogP contribution is -2.48. The molecule has 2 atom stereocenters. The quantitative estimate of drug-likeness (QED) is 0.319. The van der Waals surface area contributed by atoms with Gasteiger partial charge in [-0.2, -0.15) is 4.31 Å². The number of fused-ring (bicyclic) bond motifs is 1. The number of hydrogen-bond donors (Lipinski definition) is 3. The maximum absolute atomic E-state index is 13.4. The molecule has 14 nitrogen and oxygen atoms in total. The number of ether oxygens (including phenoxy) is 3. The zero-order valence-corrected chi connectivity index (χ0v) is 26.6. The van der Waals surface area contributed by atoms with Gasteiger partial charge in [0.05, 0.1) is 29.2 Å². The first-order valence-corrected chi connectivity index (χ1v) is 17.4. The highest BCUT2D eigenvalue weighted by molar-refractivity contribution is 8.04. The van der Waals surface area contributed by atoms with Gasteiger partial charge in [0, 0.05) is 45.0 Å². The number of likely N-dealkylation sites (N-methyl/N-ethyl adjacent to an activating group) is 1. The Labute approximate surface area is 257 Å². The Kier molecular flexibility index (Phi) is 9.51. The second-order valence-electron chi connectivity index (χ2n) is 11.4. The number of sulfonamides is 2. The number of aromatic nitrogens is 1. The molecule has 1 aromatic heterocycles. The van der Waals surface area contributed by atoms with E-state index >= 15 is 0 Å². The summed E-state index contributed by atoms with van der Waals surface area (Å²) in [4.78, 5) is 19.5. The molecule has 2 aromatic rings. The van der Waals surface area contributed by atoms with E-state index in [1.807, 2.05) is 11.9 Å². The maximum Gasteiger partial charge on any atom is 0.293 e. The topological polar surface area (TPSA) is 177 Å². The summed E-state index contributed by atoms with van der Waals surface area (Å²) < 4.78 is 71.5. The van der Waals surface area contributed by atoms with Gasteiger partial charge in [0.2, 0.25) is 15.9 Å². The van der Waals surface area contributed by atoms with Gasteiger partial charge >= 0.3 is 0 Å². The molecule has 4 heterocycles. The van der Waals surface area contributed by atoms with Crippen LogP contribution < -0.4 is 24.4 Å². The van der Waals surface area contributed by atoms with Gasteiger partial charge < -0.3 is 29.5 Å². The summed E-state index contributed by atoms with van der Waals surface area (Å²) in [6.07, 6.45) is 1.93. The molecule has 0 unspecified atom stereocenters. The van der Waals surface area contributed by atoms with Crippen molar-refractivity contribution in [1.82, 2.24) is 19.3 Å². The first kappa shape index (κ1) is 32.5. The van der Waals surface area contributed by atoms with E-state index in [0.29, 0.717) is 61.9 Å². The van der Waals surface area contributed by atoms with E-state index in [4.69, 9.17) is 14.2 Å². The fourth-order valence-corrected chi connectivity index (χ4v) is 7.98. The zero-order valence-electron chi connectivity index (χ0n) is 25.0. The number of hydrogen-bond acceptors (Lipinski definition) is 12. The molecule has 1 spiro atoms. The summed E-state index contributed by atoms with van der Waals surface area (Å²) in [7, 11) is -4.70. The van der Waals surface area contributed by atoms with Crippen LogP contribution in [0.4, 0.5) is 5.69 Å². The molecule has 0 bridgehead atoms. The smallest absolute Gasteiger partial charge is 0.293 e. The van der Waals surface area contributed by atoms with Crippen LogP contribution in [0.1, 0.15) is 35.2 Å². The second-order valence-corrected chi connectivity index (χ2v) is 15.1. The van der Waals surface area contributed by atoms with Crippen LogP contribution in [0.5, 0.6) is 11.6 Å². The molecule has 0 radical (unpaired) electrons. The molecule has 44 heavy (non-hydrogen) atoms. The number of nitrogens with zero attached hydrogens (tertiary/aromatic N) is 3. The first-order chi connectivity index (χ1) is 20.8. The minimum atomic E-state index is -4.26. The van der Waals surface area contributed by atoms with Crippen LogP contribution in [0, 0.1) is 6.92 Å². The van der Waals surface area contributed by atoms with Gasteiger partial charge in [-0.1, -0.05) is 6.07 Å². The molecule has 242 valence electrons. The van der Waals surface area contributed by atoms with E-state index in [0.717, 1.165) is 0 Å². The van der Waals surface area contributed by atoms with E-state index in [9.17, 15) is 26.7 Å². The minimum Gasteiger partial charge on any atom is -0.491 e. The Bertz CT molecular complexity index is 1590. The van der Waals surface area contributed by atoms with Gasteiger partial charge in [0.1, 0.15) is 30.8 Å². The average molecular weight is 654 g/mol. The first-order valence-electron chi connectivity index (χ1n) is 14.4. The Morgan fingerprint density at radius 3 is 2.70 bits per heavy atom. The van der Waals surface area contributed by atoms with Crippen molar-refractivity contribution in [3.8, 4) is 11.6 Å². The SMILES string of the molecule is CNS(=O)(=O)c1cccc(OC[C@@H](O)CN[C@H]2COC3(CCN(S(=O)(=O)C(=O)c4cnc5c(c4C)N(C)CCO5)CC3)C2)c1. The van der Waals surface area contributed by atoms with Crippen LogP contribution in [-0.4, -0.2) is 114 Å². The van der Waals surface area contributed by atoms with Crippen LogP contribution in [-0.2, 0) is 24.8 Å². The average Bonchev–Trinajstić information content (AvgIpc) is 3.41. The largest absolute Gasteiger partial charge is 0.491 e. The van der Waals surface area contributed by atoms with E-state index in [1.165, 1.54) is 29.7 Å². The monoisotopic (exact) mass is 653 g/mol. The Hall–Kier alpha value is -2.86. The molecule has 5 rings (SSSR count). The Morgan fingerprint density at radius 2 is 1.98 bits per heavy atom. The predicted molar refractivity (Wildman–Crippen MR) is 161 cm³/mol. The van der Waals surface area contributed by atoms with Gasteiger partial charge in [0.25, 0.3) is 15.1 Å². The van der Waals surface area contributed by atoms with Crippen LogP contribution in [0.2, 0.25) is 0 Å². The third-order valence-electron chi connectivity index (χ3n) is 8.43. The van der Waals surface area contributed by atoms with E-state index in [-0.39, 0.29) is 42.7 Å². The van der Waals surface area contributed by atoms with Crippen LogP contribution in [0.25, 0.3) is 0 Å². The molecule has 16 heteroatoms. The summed E-state index contributed by atoms with van der Waals surface area (Å²) in [6.45, 7) is 3.67. The summed E-state index contributed by atoms with van der Waals surface area (Å²) >= 11 is 0. The maximum atomic E-state index is 13.4. The van der Waals surface area contributed by atoms with Gasteiger partial charge in [0.15, 0.2) is 0 Å². The summed E-state index contributed by atoms with van der Waals surface area (Å²) in [5.74, 6) is 0.711. The summed E-state index contributed by atoms with van der Waals surface area (Å²) in [5.41, 5.74) is 0.673. The van der Waals surface area contributed by atoms with E-state index in [1.54, 1.807) is 19.1 Å². The minimum absolute atomic E-state index is 0.0426. The third-order valence-corrected chi connectivity index (χ3v) is 11.6. The molecule has 0 amide bonds. The van der Waals surface area contributed by atoms with Crippen molar-refractivity contribution in [1.29, 1.82) is 0 Å². The molecule has 3 N–H and O–H groups in total. The number of nitrogens with one attached hydrogen (secondary N) is 2. The summed E-state index contributed by atoms with van der Waals surface area (Å²) in [6, 6.07) is 5.96. The number of rotatable bonds is 10. The fraction of sp³-hybridized carbons (Fsp3) is 0.571. The van der Waals surface area contributed by atoms with Crippen molar-refractivity contribution in [3.63, 3.8) is 0 Å². The highest BCUT2D eigenvalue weighted by Crippen LogP contribution is 2.38. The Balaban J connectivity index is 1.11. The van der Waals surface area contributed by atoms with E-state index < -0.39 is 36.9 Å². The van der Waals surface area contributed by atoms with Crippen LogP contribution in [0.3, 0.4) is 0 Å². The van der Waals surface area contributed by atoms with Crippen LogP contribution in [0.15, 0.2) is 35.4 Å². The number of piperidine rings is 1. The van der Waals surface area contributed by atoms with Gasteiger partial charge in [-0.25, -0.2) is 26.5 Å². The number of aliphatic hydroxyl groups is 1. The number of aliphatic hydroxyl groups excluding tert-OH is 1.